The molecule has 0 unspecified atom stereocenters. The molecule has 1 saturated heterocycles. The maximum atomic E-state index is 13.8. The van der Waals surface area contributed by atoms with E-state index in [1.54, 1.807) is 17.9 Å². The molecule has 1 aliphatic rings. The summed E-state index contributed by atoms with van der Waals surface area (Å²) in [4.78, 5) is 30.1. The number of amides is 2. The van der Waals surface area contributed by atoms with Crippen molar-refractivity contribution in [1.82, 2.24) is 9.88 Å². The first-order chi connectivity index (χ1) is 13.4. The normalized spacial score (nSPS) is 16.7. The minimum Gasteiger partial charge on any atom is -0.338 e. The van der Waals surface area contributed by atoms with E-state index in [1.807, 2.05) is 0 Å². The Hall–Kier alpha value is -2.83. The predicted molar refractivity (Wildman–Crippen MR) is 102 cm³/mol. The fraction of sp³-hybridized carbons (Fsp3) is 0.381. The van der Waals surface area contributed by atoms with Crippen LogP contribution >= 0.6 is 0 Å². The number of nitrogens with zero attached hydrogens (tertiary/aromatic N) is 2. The Kier molecular flexibility index (Phi) is 6.34. The number of aryl methyl sites for hydroxylation is 1. The van der Waals surface area contributed by atoms with Gasteiger partial charge in [-0.15, -0.1) is 0 Å². The highest BCUT2D eigenvalue weighted by Gasteiger charge is 2.26. The van der Waals surface area contributed by atoms with E-state index in [4.69, 9.17) is 0 Å². The van der Waals surface area contributed by atoms with Crippen molar-refractivity contribution in [3.8, 4) is 0 Å². The highest BCUT2D eigenvalue weighted by Crippen LogP contribution is 2.24. The van der Waals surface area contributed by atoms with Gasteiger partial charge < -0.3 is 10.2 Å². The van der Waals surface area contributed by atoms with Gasteiger partial charge in [-0.2, -0.15) is 0 Å². The molecule has 28 heavy (non-hydrogen) atoms. The van der Waals surface area contributed by atoms with Gasteiger partial charge in [-0.1, -0.05) is 0 Å². The van der Waals surface area contributed by atoms with Crippen molar-refractivity contribution in [3.63, 3.8) is 0 Å². The summed E-state index contributed by atoms with van der Waals surface area (Å²) in [6, 6.07) is 5.62. The van der Waals surface area contributed by atoms with Crippen LogP contribution in [0.4, 0.5) is 14.5 Å². The first kappa shape index (κ1) is 19.9. The molecule has 148 valence electrons. The Morgan fingerprint density at radius 1 is 1.29 bits per heavy atom. The number of rotatable bonds is 5. The van der Waals surface area contributed by atoms with Crippen LogP contribution < -0.4 is 5.32 Å². The third-order valence-electron chi connectivity index (χ3n) is 5.05. The fourth-order valence-corrected chi connectivity index (χ4v) is 3.52. The fourth-order valence-electron chi connectivity index (χ4n) is 3.52. The summed E-state index contributed by atoms with van der Waals surface area (Å²) >= 11 is 0. The minimum absolute atomic E-state index is 0.0279. The zero-order valence-corrected chi connectivity index (χ0v) is 15.8. The first-order valence-corrected chi connectivity index (χ1v) is 9.39. The molecule has 0 aliphatic carbocycles. The van der Waals surface area contributed by atoms with Crippen molar-refractivity contribution in [3.05, 3.63) is 59.4 Å². The van der Waals surface area contributed by atoms with Crippen molar-refractivity contribution in [1.29, 1.82) is 0 Å². The molecule has 0 saturated carbocycles. The van der Waals surface area contributed by atoms with Crippen LogP contribution in [-0.4, -0.2) is 34.8 Å². The van der Waals surface area contributed by atoms with E-state index in [2.05, 4.69) is 10.3 Å². The number of hydrogen-bond acceptors (Lipinski definition) is 3. The summed E-state index contributed by atoms with van der Waals surface area (Å²) in [7, 11) is 0. The molecule has 1 aliphatic heterocycles. The van der Waals surface area contributed by atoms with Crippen molar-refractivity contribution >= 4 is 17.5 Å². The molecule has 2 heterocycles. The highest BCUT2D eigenvalue weighted by atomic mass is 19.1. The Balaban J connectivity index is 1.53. The average molecular weight is 387 g/mol. The maximum Gasteiger partial charge on any atom is 0.256 e. The lowest BCUT2D eigenvalue weighted by atomic mass is 9.92. The molecule has 1 atom stereocenters. The highest BCUT2D eigenvalue weighted by molar-refractivity contribution is 5.94. The van der Waals surface area contributed by atoms with Crippen LogP contribution in [0.5, 0.6) is 0 Å². The molecule has 3 rings (SSSR count). The quantitative estimate of drug-likeness (QED) is 0.845. The Labute approximate surface area is 162 Å². The number of hydrogen-bond donors (Lipinski definition) is 1. The van der Waals surface area contributed by atoms with Crippen molar-refractivity contribution < 1.29 is 18.4 Å². The van der Waals surface area contributed by atoms with Crippen molar-refractivity contribution in [2.24, 2.45) is 5.92 Å². The standard InChI is InChI=1S/C21H23F2N3O2/c1-14-11-16(22)5-6-19(14)25-20(27)7-4-15-3-2-10-26(13-15)21(28)17-8-9-24-12-18(17)23/h5-6,8-9,11-12,15H,2-4,7,10,13H2,1H3,(H,25,27)/t15-/m0/s1. The SMILES string of the molecule is Cc1cc(F)ccc1NC(=O)CC[C@@H]1CCCN(C(=O)c2ccncc2F)C1. The largest absolute Gasteiger partial charge is 0.338 e. The number of nitrogens with one attached hydrogen (secondary N) is 1. The van der Waals surface area contributed by atoms with Crippen LogP contribution in [0.1, 0.15) is 41.6 Å². The van der Waals surface area contributed by atoms with Crippen molar-refractivity contribution in [2.45, 2.75) is 32.6 Å². The first-order valence-electron chi connectivity index (χ1n) is 9.39. The summed E-state index contributed by atoms with van der Waals surface area (Å²) in [5.41, 5.74) is 1.29. The third-order valence-corrected chi connectivity index (χ3v) is 5.05. The molecular weight excluding hydrogens is 364 g/mol. The monoisotopic (exact) mass is 387 g/mol. The second-order valence-electron chi connectivity index (χ2n) is 7.16. The van der Waals surface area contributed by atoms with E-state index >= 15 is 0 Å². The van der Waals surface area contributed by atoms with Crippen LogP contribution in [0.2, 0.25) is 0 Å². The Morgan fingerprint density at radius 2 is 2.11 bits per heavy atom. The number of carbonyl (C=O) groups excluding carboxylic acids is 2. The second kappa shape index (κ2) is 8.91. The number of aromatic nitrogens is 1. The summed E-state index contributed by atoms with van der Waals surface area (Å²) in [5.74, 6) is -1.26. The molecule has 2 aromatic rings. The average Bonchev–Trinajstić information content (AvgIpc) is 2.69. The number of piperidine rings is 1. The lowest BCUT2D eigenvalue weighted by molar-refractivity contribution is -0.116. The molecule has 2 amide bonds. The van der Waals surface area contributed by atoms with Gasteiger partial charge in [-0.05, 0) is 61.9 Å². The van der Waals surface area contributed by atoms with Gasteiger partial charge in [-0.25, -0.2) is 8.78 Å². The van der Waals surface area contributed by atoms with E-state index in [0.717, 1.165) is 19.0 Å². The zero-order valence-electron chi connectivity index (χ0n) is 15.8. The number of halogens is 2. The van der Waals surface area contributed by atoms with E-state index in [1.165, 1.54) is 24.4 Å². The van der Waals surface area contributed by atoms with E-state index in [-0.39, 0.29) is 29.1 Å². The lowest BCUT2D eigenvalue weighted by Gasteiger charge is -2.33. The number of anilines is 1. The summed E-state index contributed by atoms with van der Waals surface area (Å²) < 4.78 is 27.0. The molecule has 7 heteroatoms. The number of likely N-dealkylation sites (tertiary alicyclic amines) is 1. The van der Waals surface area contributed by atoms with Crippen LogP contribution in [0.15, 0.2) is 36.7 Å². The summed E-state index contributed by atoms with van der Waals surface area (Å²) in [5, 5.41) is 2.80. The molecule has 0 bridgehead atoms. The van der Waals surface area contributed by atoms with E-state index in [9.17, 15) is 18.4 Å². The molecule has 0 radical (unpaired) electrons. The third kappa shape index (κ3) is 4.91. The van der Waals surface area contributed by atoms with Gasteiger partial charge in [0.2, 0.25) is 5.91 Å². The predicted octanol–water partition coefficient (Wildman–Crippen LogP) is 3.94. The van der Waals surface area contributed by atoms with Gasteiger partial charge in [0.1, 0.15) is 5.82 Å². The zero-order chi connectivity index (χ0) is 20.1. The van der Waals surface area contributed by atoms with Crippen LogP contribution in [0, 0.1) is 24.5 Å². The Bertz CT molecular complexity index is 872. The van der Waals surface area contributed by atoms with Crippen LogP contribution in [-0.2, 0) is 4.79 Å². The maximum absolute atomic E-state index is 13.8. The minimum atomic E-state index is -0.622. The number of pyridine rings is 1. The molecule has 1 aromatic carbocycles. The topological polar surface area (TPSA) is 62.3 Å². The summed E-state index contributed by atoms with van der Waals surface area (Å²) in [6.07, 6.45) is 5.13. The second-order valence-corrected chi connectivity index (χ2v) is 7.16. The summed E-state index contributed by atoms with van der Waals surface area (Å²) in [6.45, 7) is 2.82. The van der Waals surface area contributed by atoms with E-state index < -0.39 is 5.82 Å². The van der Waals surface area contributed by atoms with Gasteiger partial charge in [0.05, 0.1) is 11.8 Å². The van der Waals surface area contributed by atoms with Gasteiger partial charge >= 0.3 is 0 Å². The molecule has 1 fully saturated rings. The van der Waals surface area contributed by atoms with Crippen molar-refractivity contribution in [2.75, 3.05) is 18.4 Å². The molecule has 1 N–H and O–H groups in total. The molecule has 0 spiro atoms. The Morgan fingerprint density at radius 3 is 2.86 bits per heavy atom. The lowest BCUT2D eigenvalue weighted by Crippen LogP contribution is -2.40. The van der Waals surface area contributed by atoms with E-state index in [0.29, 0.717) is 37.2 Å². The molecule has 1 aromatic heterocycles. The van der Waals surface area contributed by atoms with Gasteiger partial charge in [0, 0.05) is 31.4 Å². The number of benzene rings is 1. The molecular formula is C21H23F2N3O2. The molecule has 5 nitrogen and oxygen atoms in total. The van der Waals surface area contributed by atoms with Gasteiger partial charge in [0.25, 0.3) is 5.91 Å². The van der Waals surface area contributed by atoms with Crippen LogP contribution in [0.25, 0.3) is 0 Å². The van der Waals surface area contributed by atoms with Crippen LogP contribution in [0.3, 0.4) is 0 Å². The van der Waals surface area contributed by atoms with Gasteiger partial charge in [0.15, 0.2) is 5.82 Å². The van der Waals surface area contributed by atoms with Gasteiger partial charge in [-0.3, -0.25) is 14.6 Å². The smallest absolute Gasteiger partial charge is 0.256 e. The number of carbonyl (C=O) groups is 2.